The summed E-state index contributed by atoms with van der Waals surface area (Å²) in [6, 6.07) is 15.1. The first-order chi connectivity index (χ1) is 10.2. The Morgan fingerprint density at radius 3 is 2.48 bits per heavy atom. The fourth-order valence-electron chi connectivity index (χ4n) is 1.58. The normalized spacial score (nSPS) is 9.76. The van der Waals surface area contributed by atoms with E-state index in [9.17, 15) is 0 Å². The number of nitrogens with zero attached hydrogens (tertiary/aromatic N) is 3. The van der Waals surface area contributed by atoms with E-state index in [1.54, 1.807) is 12.1 Å². The minimum Gasteiger partial charge on any atom is -0.440 e. The largest absolute Gasteiger partial charge is 0.440 e. The van der Waals surface area contributed by atoms with Gasteiger partial charge in [0, 0.05) is 16.4 Å². The van der Waals surface area contributed by atoms with E-state index in [0.29, 0.717) is 15.8 Å². The van der Waals surface area contributed by atoms with Gasteiger partial charge in [-0.3, -0.25) is 0 Å². The third-order valence-corrected chi connectivity index (χ3v) is 3.91. The third-order valence-electron chi connectivity index (χ3n) is 2.68. The lowest BCUT2D eigenvalue weighted by Gasteiger charge is -2.07. The Kier molecular flexibility index (Phi) is 5.63. The lowest BCUT2D eigenvalue weighted by Crippen LogP contribution is -2.00. The van der Waals surface area contributed by atoms with Gasteiger partial charge in [-0.1, -0.05) is 58.8 Å². The van der Waals surface area contributed by atoms with Crippen molar-refractivity contribution in [2.24, 2.45) is 5.11 Å². The van der Waals surface area contributed by atoms with Gasteiger partial charge < -0.3 is 4.74 Å². The zero-order valence-corrected chi connectivity index (χ0v) is 13.0. The molecule has 0 aliphatic heterocycles. The van der Waals surface area contributed by atoms with E-state index in [4.69, 9.17) is 22.5 Å². The van der Waals surface area contributed by atoms with Crippen molar-refractivity contribution >= 4 is 34.0 Å². The molecule has 0 saturated carbocycles. The van der Waals surface area contributed by atoms with E-state index < -0.39 is 0 Å². The van der Waals surface area contributed by atoms with Crippen molar-refractivity contribution in [3.63, 3.8) is 0 Å². The molecule has 2 aromatic carbocycles. The quantitative estimate of drug-likeness (QED) is 0.322. The Labute approximate surface area is 132 Å². The molecule has 21 heavy (non-hydrogen) atoms. The molecule has 0 unspecified atom stereocenters. The lowest BCUT2D eigenvalue weighted by molar-refractivity contribution is 0.579. The van der Waals surface area contributed by atoms with Crippen LogP contribution < -0.4 is 4.74 Å². The highest BCUT2D eigenvalue weighted by molar-refractivity contribution is 8.22. The molecule has 0 atom stereocenters. The molecular weight excluding hydrogens is 302 g/mol. The summed E-state index contributed by atoms with van der Waals surface area (Å²) < 4.78 is 6.07. The second-order valence-electron chi connectivity index (χ2n) is 4.31. The molecule has 4 nitrogen and oxygen atoms in total. The highest BCUT2D eigenvalue weighted by Crippen LogP contribution is 2.21. The number of benzene rings is 2. The average molecular weight is 315 g/mol. The number of hydrogen-bond acceptors (Lipinski definition) is 4. The molecule has 106 valence electrons. The van der Waals surface area contributed by atoms with E-state index in [1.807, 2.05) is 43.3 Å². The molecule has 0 aliphatic carbocycles. The number of rotatable bonds is 4. The molecule has 0 fully saturated rings. The second-order valence-corrected chi connectivity index (χ2v) is 5.89. The number of aryl methyl sites for hydroxylation is 1. The van der Waals surface area contributed by atoms with Gasteiger partial charge in [-0.2, -0.15) is 0 Å². The number of thiocarbonyl (C=S) groups is 1. The van der Waals surface area contributed by atoms with E-state index in [-0.39, 0.29) is 0 Å². The number of ether oxygens (including phenoxy) is 1. The molecule has 0 heterocycles. The Hall–Kier alpha value is -2.01. The lowest BCUT2D eigenvalue weighted by atomic mass is 10.2. The molecule has 0 aromatic heterocycles. The van der Waals surface area contributed by atoms with Gasteiger partial charge in [0.05, 0.1) is 0 Å². The van der Waals surface area contributed by atoms with Crippen molar-refractivity contribution in [3.8, 4) is 5.75 Å². The summed E-state index contributed by atoms with van der Waals surface area (Å²) >= 11 is 6.66. The molecule has 0 bridgehead atoms. The van der Waals surface area contributed by atoms with Crippen LogP contribution in [0, 0.1) is 6.92 Å². The fraction of sp³-hybridized carbons (Fsp3) is 0.133. The van der Waals surface area contributed by atoms with Crippen molar-refractivity contribution in [2.45, 2.75) is 12.7 Å². The molecule has 0 radical (unpaired) electrons. The maximum Gasteiger partial charge on any atom is 0.226 e. The Morgan fingerprint density at radius 2 is 1.86 bits per heavy atom. The number of azide groups is 1. The first kappa shape index (κ1) is 15.4. The first-order valence-corrected chi connectivity index (χ1v) is 7.62. The van der Waals surface area contributed by atoms with Crippen LogP contribution in [0.2, 0.25) is 0 Å². The van der Waals surface area contributed by atoms with Crippen molar-refractivity contribution in [1.29, 1.82) is 0 Å². The van der Waals surface area contributed by atoms with Crippen LogP contribution >= 0.6 is 24.0 Å². The minimum absolute atomic E-state index is 0.484. The van der Waals surface area contributed by atoms with E-state index in [1.165, 1.54) is 17.3 Å². The van der Waals surface area contributed by atoms with Crippen LogP contribution in [0.5, 0.6) is 5.75 Å². The molecule has 0 spiro atoms. The smallest absolute Gasteiger partial charge is 0.226 e. The topological polar surface area (TPSA) is 58.0 Å². The van der Waals surface area contributed by atoms with E-state index in [0.717, 1.165) is 11.3 Å². The first-order valence-electron chi connectivity index (χ1n) is 6.23. The summed E-state index contributed by atoms with van der Waals surface area (Å²) in [6.07, 6.45) is 0. The number of thioether (sulfide) groups is 1. The molecule has 0 saturated heterocycles. The van der Waals surface area contributed by atoms with Gasteiger partial charge in [-0.05, 0) is 42.4 Å². The molecule has 0 aliphatic rings. The van der Waals surface area contributed by atoms with Crippen LogP contribution in [-0.4, -0.2) is 4.38 Å². The van der Waals surface area contributed by atoms with E-state index in [2.05, 4.69) is 10.0 Å². The highest BCUT2D eigenvalue weighted by Gasteiger charge is 2.02. The minimum atomic E-state index is 0.484. The van der Waals surface area contributed by atoms with Crippen molar-refractivity contribution < 1.29 is 4.74 Å². The predicted molar refractivity (Wildman–Crippen MR) is 90.9 cm³/mol. The number of hydrogen-bond donors (Lipinski definition) is 0. The molecule has 0 amide bonds. The van der Waals surface area contributed by atoms with Gasteiger partial charge in [0.1, 0.15) is 5.75 Å². The Bertz CT molecular complexity index is 662. The predicted octanol–water partition coefficient (Wildman–Crippen LogP) is 5.53. The third kappa shape index (κ3) is 5.11. The molecule has 6 heteroatoms. The summed E-state index contributed by atoms with van der Waals surface area (Å²) in [6.45, 7) is 2.02. The molecule has 0 N–H and O–H groups in total. The van der Waals surface area contributed by atoms with Gasteiger partial charge >= 0.3 is 0 Å². The molecule has 2 rings (SSSR count). The Balaban J connectivity index is 1.86. The van der Waals surface area contributed by atoms with Crippen LogP contribution in [-0.2, 0) is 5.75 Å². The highest BCUT2D eigenvalue weighted by atomic mass is 32.2. The summed E-state index contributed by atoms with van der Waals surface area (Å²) in [5, 5.41) is 3.53. The van der Waals surface area contributed by atoms with Crippen LogP contribution in [0.15, 0.2) is 53.6 Å². The molecular formula is C15H13N3OS2. The van der Waals surface area contributed by atoms with Gasteiger partial charge in [0.2, 0.25) is 4.38 Å². The summed E-state index contributed by atoms with van der Waals surface area (Å²) in [4.78, 5) is 2.74. The van der Waals surface area contributed by atoms with Gasteiger partial charge in [-0.25, -0.2) is 0 Å². The van der Waals surface area contributed by atoms with Crippen LogP contribution in [0.3, 0.4) is 0 Å². The monoisotopic (exact) mass is 315 g/mol. The van der Waals surface area contributed by atoms with Gasteiger partial charge in [0.25, 0.3) is 0 Å². The van der Waals surface area contributed by atoms with Crippen molar-refractivity contribution in [3.05, 3.63) is 70.1 Å². The summed E-state index contributed by atoms with van der Waals surface area (Å²) in [5.74, 6) is 1.46. The fourth-order valence-corrected chi connectivity index (χ4v) is 2.49. The zero-order chi connectivity index (χ0) is 15.1. The van der Waals surface area contributed by atoms with Gasteiger partial charge in [-0.15, -0.1) is 0 Å². The van der Waals surface area contributed by atoms with Crippen molar-refractivity contribution in [2.75, 3.05) is 0 Å². The average Bonchev–Trinajstić information content (AvgIpc) is 2.49. The maximum absolute atomic E-state index is 8.34. The standard InChI is InChI=1S/C15H13N3OS2/c1-11-2-8-14(9-3-11)19-15(20)21-10-12-4-6-13(7-5-12)17-18-16/h2-9H,10H2,1H3. The second kappa shape index (κ2) is 7.69. The SMILES string of the molecule is Cc1ccc(OC(=S)SCc2ccc(N=[N+]=[N-])cc2)cc1. The summed E-state index contributed by atoms with van der Waals surface area (Å²) in [5.41, 5.74) is 11.2. The van der Waals surface area contributed by atoms with Gasteiger partial charge in [0.15, 0.2) is 0 Å². The summed E-state index contributed by atoms with van der Waals surface area (Å²) in [7, 11) is 0. The van der Waals surface area contributed by atoms with Crippen molar-refractivity contribution in [1.82, 2.24) is 0 Å². The zero-order valence-electron chi connectivity index (χ0n) is 11.4. The van der Waals surface area contributed by atoms with E-state index >= 15 is 0 Å². The maximum atomic E-state index is 8.34. The van der Waals surface area contributed by atoms with Crippen LogP contribution in [0.25, 0.3) is 10.4 Å². The van der Waals surface area contributed by atoms with Crippen LogP contribution in [0.4, 0.5) is 5.69 Å². The van der Waals surface area contributed by atoms with Crippen LogP contribution in [0.1, 0.15) is 11.1 Å². The Morgan fingerprint density at radius 1 is 1.19 bits per heavy atom. The molecule has 2 aromatic rings.